The third kappa shape index (κ3) is 5.27. The van der Waals surface area contributed by atoms with Crippen molar-refractivity contribution in [3.05, 3.63) is 90.5 Å². The topological polar surface area (TPSA) is 70.2 Å². The van der Waals surface area contributed by atoms with Crippen molar-refractivity contribution >= 4 is 52.1 Å². The van der Waals surface area contributed by atoms with E-state index in [0.717, 1.165) is 0 Å². The number of hydrogen-bond donors (Lipinski definition) is 0. The number of fused-ring (bicyclic) bond motifs is 1. The van der Waals surface area contributed by atoms with Gasteiger partial charge in [-0.2, -0.15) is 0 Å². The number of benzene rings is 3. The van der Waals surface area contributed by atoms with Crippen LogP contribution < -0.4 is 19.4 Å². The lowest BCUT2D eigenvalue weighted by molar-refractivity contribution is -0.139. The largest absolute Gasteiger partial charge is 0.497 e. The maximum Gasteiger partial charge on any atom is 0.247 e. The predicted molar refractivity (Wildman–Crippen MR) is 156 cm³/mol. The number of nitrogens with zero attached hydrogens (tertiary/aromatic N) is 3. The zero-order valence-electron chi connectivity index (χ0n) is 22.6. The normalized spacial score (nSPS) is 17.1. The van der Waals surface area contributed by atoms with Crippen LogP contribution >= 0.6 is 11.6 Å². The van der Waals surface area contributed by atoms with E-state index in [1.165, 1.54) is 9.80 Å². The Bertz CT molecular complexity index is 1390. The number of methoxy groups -OCH3 is 1. The number of anilines is 4. The smallest absolute Gasteiger partial charge is 0.247 e. The minimum absolute atomic E-state index is 0.0970. The molecule has 0 fully saturated rings. The Labute approximate surface area is 234 Å². The lowest BCUT2D eigenvalue weighted by Crippen LogP contribution is -2.52. The first kappa shape index (κ1) is 27.9. The molecule has 1 aliphatic rings. The van der Waals surface area contributed by atoms with Crippen LogP contribution in [0.15, 0.2) is 85.5 Å². The fraction of sp³-hybridized carbons (Fsp3) is 0.258. The van der Waals surface area contributed by atoms with Crippen LogP contribution in [0.3, 0.4) is 0 Å². The third-order valence-corrected chi connectivity index (χ3v) is 7.12. The quantitative estimate of drug-likeness (QED) is 0.243. The molecule has 4 rings (SSSR count). The fourth-order valence-corrected chi connectivity index (χ4v) is 5.01. The molecule has 0 bridgehead atoms. The highest BCUT2D eigenvalue weighted by atomic mass is 35.5. The average molecular weight is 546 g/mol. The molecule has 0 N–H and O–H groups in total. The van der Waals surface area contributed by atoms with Gasteiger partial charge in [-0.15, -0.1) is 6.58 Å². The molecule has 0 spiro atoms. The second-order valence-corrected chi connectivity index (χ2v) is 10.3. The number of halogens is 1. The van der Waals surface area contributed by atoms with Gasteiger partial charge in [-0.3, -0.25) is 24.2 Å². The lowest BCUT2D eigenvalue weighted by Gasteiger charge is -2.33. The maximum absolute atomic E-state index is 14.2. The summed E-state index contributed by atoms with van der Waals surface area (Å²) in [6.07, 6.45) is 1.66. The van der Waals surface area contributed by atoms with Gasteiger partial charge >= 0.3 is 0 Å². The second kappa shape index (κ2) is 11.3. The number of carbonyl (C=O) groups excluding carboxylic acids is 3. The van der Waals surface area contributed by atoms with Gasteiger partial charge in [0.1, 0.15) is 17.7 Å². The molecule has 0 saturated heterocycles. The zero-order chi connectivity index (χ0) is 28.3. The number of amides is 3. The summed E-state index contributed by atoms with van der Waals surface area (Å²) in [5, 5.41) is 0.527. The van der Waals surface area contributed by atoms with Gasteiger partial charge in [-0.1, -0.05) is 29.8 Å². The Morgan fingerprint density at radius 3 is 2.18 bits per heavy atom. The molecular weight excluding hydrogens is 514 g/mol. The zero-order valence-corrected chi connectivity index (χ0v) is 23.3. The summed E-state index contributed by atoms with van der Waals surface area (Å²) in [5.74, 6) is -0.490. The molecule has 1 unspecified atom stereocenters. The van der Waals surface area contributed by atoms with E-state index in [2.05, 4.69) is 6.58 Å². The molecular formula is C31H32ClN3O4. The Hall–Kier alpha value is -4.10. The van der Waals surface area contributed by atoms with Crippen molar-refractivity contribution in [2.45, 2.75) is 33.2 Å². The van der Waals surface area contributed by atoms with Crippen molar-refractivity contribution in [1.29, 1.82) is 0 Å². The van der Waals surface area contributed by atoms with Crippen molar-refractivity contribution in [2.24, 2.45) is 5.41 Å². The lowest BCUT2D eigenvalue weighted by atomic mass is 9.83. The molecule has 1 heterocycles. The van der Waals surface area contributed by atoms with Crippen molar-refractivity contribution < 1.29 is 19.1 Å². The first-order valence-corrected chi connectivity index (χ1v) is 13.1. The van der Waals surface area contributed by atoms with Crippen molar-refractivity contribution in [1.82, 2.24) is 0 Å². The molecule has 39 heavy (non-hydrogen) atoms. The van der Waals surface area contributed by atoms with Crippen LogP contribution in [-0.2, 0) is 14.4 Å². The number of hydrogen-bond acceptors (Lipinski definition) is 4. The molecule has 0 saturated carbocycles. The van der Waals surface area contributed by atoms with E-state index in [1.807, 2.05) is 26.0 Å². The average Bonchev–Trinajstić information content (AvgIpc) is 2.98. The second-order valence-electron chi connectivity index (χ2n) is 9.88. The Morgan fingerprint density at radius 2 is 1.62 bits per heavy atom. The summed E-state index contributed by atoms with van der Waals surface area (Å²) >= 11 is 6.12. The minimum Gasteiger partial charge on any atom is -0.497 e. The highest BCUT2D eigenvalue weighted by molar-refractivity contribution is 6.30. The molecule has 202 valence electrons. The summed E-state index contributed by atoms with van der Waals surface area (Å²) in [6, 6.07) is 21.0. The highest BCUT2D eigenvalue weighted by Gasteiger charge is 2.50. The van der Waals surface area contributed by atoms with Crippen LogP contribution in [-0.4, -0.2) is 37.4 Å². The molecule has 3 aromatic rings. The standard InChI is InChI=1S/C31H32ClN3O4/c1-6-19-31(4)29(37)33(20-28(36)34(21(2)3)23-15-17-25(39-5)18-16-23)26-9-7-8-10-27(26)35(30(31)38)24-13-11-22(32)12-14-24/h6-18,21H,1,19-20H2,2-5H3. The van der Waals surface area contributed by atoms with Gasteiger partial charge in [0.05, 0.1) is 18.5 Å². The van der Waals surface area contributed by atoms with Gasteiger partial charge in [0, 0.05) is 22.4 Å². The third-order valence-electron chi connectivity index (χ3n) is 6.87. The summed E-state index contributed by atoms with van der Waals surface area (Å²) in [6.45, 7) is 8.98. The van der Waals surface area contributed by atoms with E-state index in [-0.39, 0.29) is 24.9 Å². The van der Waals surface area contributed by atoms with Crippen LogP contribution in [0.1, 0.15) is 27.2 Å². The van der Waals surface area contributed by atoms with Crippen LogP contribution in [0.4, 0.5) is 22.7 Å². The maximum atomic E-state index is 14.2. The highest BCUT2D eigenvalue weighted by Crippen LogP contribution is 2.44. The first-order chi connectivity index (χ1) is 18.6. The van der Waals surface area contributed by atoms with Crippen molar-refractivity contribution in [3.63, 3.8) is 0 Å². The molecule has 0 aromatic heterocycles. The number of ether oxygens (including phenoxy) is 1. The van der Waals surface area contributed by atoms with E-state index in [4.69, 9.17) is 16.3 Å². The van der Waals surface area contributed by atoms with E-state index < -0.39 is 17.2 Å². The van der Waals surface area contributed by atoms with E-state index in [1.54, 1.807) is 85.7 Å². The van der Waals surface area contributed by atoms with Gasteiger partial charge in [0.2, 0.25) is 17.7 Å². The number of rotatable bonds is 8. The van der Waals surface area contributed by atoms with Crippen LogP contribution in [0, 0.1) is 5.41 Å². The SMILES string of the molecule is C=CCC1(C)C(=O)N(CC(=O)N(c2ccc(OC)cc2)C(C)C)c2ccccc2N(c2ccc(Cl)cc2)C1=O. The molecule has 3 amide bonds. The van der Waals surface area contributed by atoms with Gasteiger partial charge in [-0.25, -0.2) is 0 Å². The van der Waals surface area contributed by atoms with Crippen LogP contribution in [0.25, 0.3) is 0 Å². The van der Waals surface area contributed by atoms with E-state index in [0.29, 0.717) is 33.5 Å². The minimum atomic E-state index is -1.50. The monoisotopic (exact) mass is 545 g/mol. The summed E-state index contributed by atoms with van der Waals surface area (Å²) in [7, 11) is 1.58. The molecule has 0 aliphatic carbocycles. The summed E-state index contributed by atoms with van der Waals surface area (Å²) in [5.41, 5.74) is 0.711. The summed E-state index contributed by atoms with van der Waals surface area (Å²) < 4.78 is 5.26. The van der Waals surface area contributed by atoms with Gasteiger partial charge in [-0.05, 0) is 87.9 Å². The molecule has 1 aliphatic heterocycles. The molecule has 0 radical (unpaired) electrons. The number of allylic oxidation sites excluding steroid dienone is 1. The van der Waals surface area contributed by atoms with E-state index >= 15 is 0 Å². The number of para-hydroxylation sites is 2. The molecule has 3 aromatic carbocycles. The Balaban J connectivity index is 1.83. The molecule has 1 atom stereocenters. The van der Waals surface area contributed by atoms with Crippen LogP contribution in [0.5, 0.6) is 5.75 Å². The Kier molecular flexibility index (Phi) is 8.11. The van der Waals surface area contributed by atoms with Crippen LogP contribution in [0.2, 0.25) is 5.02 Å². The van der Waals surface area contributed by atoms with Gasteiger partial charge in [0.25, 0.3) is 0 Å². The fourth-order valence-electron chi connectivity index (χ4n) is 4.89. The molecule has 7 nitrogen and oxygen atoms in total. The Morgan fingerprint density at radius 1 is 1.00 bits per heavy atom. The van der Waals surface area contributed by atoms with E-state index in [9.17, 15) is 14.4 Å². The van der Waals surface area contributed by atoms with Crippen molar-refractivity contribution in [3.8, 4) is 5.75 Å². The molecule has 8 heteroatoms. The van der Waals surface area contributed by atoms with Gasteiger partial charge in [0.15, 0.2) is 0 Å². The number of carbonyl (C=O) groups is 3. The first-order valence-electron chi connectivity index (χ1n) is 12.7. The summed E-state index contributed by atoms with van der Waals surface area (Å²) in [4.78, 5) is 46.9. The predicted octanol–water partition coefficient (Wildman–Crippen LogP) is 6.38. The van der Waals surface area contributed by atoms with Crippen molar-refractivity contribution in [2.75, 3.05) is 28.4 Å². The van der Waals surface area contributed by atoms with Gasteiger partial charge < -0.3 is 9.64 Å².